The second-order valence-electron chi connectivity index (χ2n) is 9.24. The average molecular weight is 486 g/mol. The van der Waals surface area contributed by atoms with E-state index in [0.717, 1.165) is 29.1 Å². The zero-order valence-electron chi connectivity index (χ0n) is 19.3. The summed E-state index contributed by atoms with van der Waals surface area (Å²) in [5, 5.41) is 10.7. The number of imide groups is 2. The lowest BCUT2D eigenvalue weighted by molar-refractivity contribution is -0.136. The second kappa shape index (κ2) is 8.71. The number of carbonyl (C=O) groups excluding carboxylic acids is 4. The first-order chi connectivity index (χ1) is 17.5. The molecule has 1 aromatic heterocycles. The Morgan fingerprint density at radius 2 is 1.69 bits per heavy atom. The molecule has 3 aromatic rings. The molecule has 0 radical (unpaired) electrons. The largest absolute Gasteiger partial charge is 0.490 e. The van der Waals surface area contributed by atoms with Crippen LogP contribution >= 0.6 is 0 Å². The van der Waals surface area contributed by atoms with E-state index in [2.05, 4.69) is 15.6 Å². The van der Waals surface area contributed by atoms with Gasteiger partial charge in [0.1, 0.15) is 17.5 Å². The van der Waals surface area contributed by atoms with Gasteiger partial charge < -0.3 is 4.74 Å². The molecule has 3 aliphatic rings. The molecule has 1 unspecified atom stereocenters. The van der Waals surface area contributed by atoms with Crippen molar-refractivity contribution >= 4 is 23.6 Å². The highest BCUT2D eigenvalue weighted by Gasteiger charge is 2.45. The van der Waals surface area contributed by atoms with E-state index in [1.165, 1.54) is 17.5 Å². The normalized spacial score (nSPS) is 20.1. The molecular weight excluding hydrogens is 462 g/mol. The van der Waals surface area contributed by atoms with Crippen LogP contribution in [0.5, 0.6) is 5.75 Å². The fourth-order valence-electron chi connectivity index (χ4n) is 5.10. The van der Waals surface area contributed by atoms with Crippen molar-refractivity contribution in [2.45, 2.75) is 50.7 Å². The van der Waals surface area contributed by atoms with Gasteiger partial charge in [0.15, 0.2) is 0 Å². The van der Waals surface area contributed by atoms with Gasteiger partial charge in [-0.15, -0.1) is 5.10 Å². The number of nitrogens with one attached hydrogen (secondary N) is 1. The summed E-state index contributed by atoms with van der Waals surface area (Å²) in [6.45, 7) is 0. The van der Waals surface area contributed by atoms with Gasteiger partial charge in [-0.25, -0.2) is 4.68 Å². The van der Waals surface area contributed by atoms with Crippen LogP contribution in [0.15, 0.2) is 48.7 Å². The summed E-state index contributed by atoms with van der Waals surface area (Å²) in [5.74, 6) is -1.40. The van der Waals surface area contributed by atoms with Crippen molar-refractivity contribution in [2.24, 2.45) is 0 Å². The first kappa shape index (κ1) is 22.1. The van der Waals surface area contributed by atoms with Crippen molar-refractivity contribution in [3.63, 3.8) is 0 Å². The zero-order valence-corrected chi connectivity index (χ0v) is 19.3. The smallest absolute Gasteiger partial charge is 0.264 e. The van der Waals surface area contributed by atoms with Crippen LogP contribution < -0.4 is 10.1 Å². The minimum atomic E-state index is -1.03. The van der Waals surface area contributed by atoms with Crippen LogP contribution in [-0.4, -0.2) is 55.7 Å². The van der Waals surface area contributed by atoms with Crippen LogP contribution in [0, 0.1) is 0 Å². The highest BCUT2D eigenvalue weighted by atomic mass is 16.5. The number of hydrogen-bond acceptors (Lipinski definition) is 7. The molecule has 1 atom stereocenters. The predicted octanol–water partition coefficient (Wildman–Crippen LogP) is 2.66. The number of hydrogen-bond donors (Lipinski definition) is 1. The van der Waals surface area contributed by atoms with Crippen LogP contribution in [0.25, 0.3) is 16.9 Å². The Hall–Kier alpha value is -4.34. The van der Waals surface area contributed by atoms with Crippen molar-refractivity contribution in [1.29, 1.82) is 0 Å². The highest BCUT2D eigenvalue weighted by molar-refractivity contribution is 6.24. The van der Waals surface area contributed by atoms with Gasteiger partial charge in [0.2, 0.25) is 11.8 Å². The molecular formula is C26H23N5O5. The number of aromatic nitrogens is 3. The first-order valence-corrected chi connectivity index (χ1v) is 12.0. The van der Waals surface area contributed by atoms with Gasteiger partial charge in [-0.1, -0.05) is 11.3 Å². The highest BCUT2D eigenvalue weighted by Crippen LogP contribution is 2.32. The molecule has 1 aliphatic carbocycles. The maximum atomic E-state index is 13.3. The minimum absolute atomic E-state index is 0.0631. The Morgan fingerprint density at radius 1 is 0.917 bits per heavy atom. The molecule has 0 bridgehead atoms. The molecule has 182 valence electrons. The molecule has 2 fully saturated rings. The van der Waals surface area contributed by atoms with Crippen LogP contribution in [0.4, 0.5) is 0 Å². The summed E-state index contributed by atoms with van der Waals surface area (Å²) in [4.78, 5) is 51.3. The van der Waals surface area contributed by atoms with Gasteiger partial charge in [-0.2, -0.15) is 0 Å². The Balaban J connectivity index is 1.27. The lowest BCUT2D eigenvalue weighted by Gasteiger charge is -2.27. The summed E-state index contributed by atoms with van der Waals surface area (Å²) in [6.07, 6.45) is 6.70. The molecule has 1 saturated carbocycles. The van der Waals surface area contributed by atoms with Crippen LogP contribution in [-0.2, 0) is 9.59 Å². The van der Waals surface area contributed by atoms with Gasteiger partial charge in [-0.05, 0) is 68.5 Å². The Morgan fingerprint density at radius 3 is 2.44 bits per heavy atom. The Bertz CT molecular complexity index is 1390. The predicted molar refractivity (Wildman–Crippen MR) is 126 cm³/mol. The van der Waals surface area contributed by atoms with E-state index >= 15 is 0 Å². The molecule has 10 heteroatoms. The van der Waals surface area contributed by atoms with Crippen molar-refractivity contribution in [3.8, 4) is 22.7 Å². The summed E-state index contributed by atoms with van der Waals surface area (Å²) in [7, 11) is 0. The summed E-state index contributed by atoms with van der Waals surface area (Å²) in [6, 6.07) is 11.5. The molecule has 2 aliphatic heterocycles. The number of ether oxygens (including phenoxy) is 1. The Kier molecular flexibility index (Phi) is 5.36. The van der Waals surface area contributed by atoms with Crippen molar-refractivity contribution in [2.75, 3.05) is 0 Å². The van der Waals surface area contributed by atoms with Crippen molar-refractivity contribution < 1.29 is 23.9 Å². The first-order valence-electron chi connectivity index (χ1n) is 12.0. The minimum Gasteiger partial charge on any atom is -0.490 e. The standard InChI is InChI=1S/C26H23N5O5/c32-22-13-12-21(24(33)27-22)31-25(34)18-6-3-7-20(23(18)26(31)35)30-14-19(28-29-30)15-8-10-17(11-9-15)36-16-4-1-2-5-16/h3,6-11,14,16,21H,1-2,4-5,12-13H2,(H,27,32,33). The van der Waals surface area contributed by atoms with Crippen LogP contribution in [0.3, 0.4) is 0 Å². The molecule has 1 saturated heterocycles. The molecule has 4 amide bonds. The third kappa shape index (κ3) is 3.74. The van der Waals surface area contributed by atoms with E-state index in [0.29, 0.717) is 11.4 Å². The zero-order chi connectivity index (χ0) is 24.8. The number of benzene rings is 2. The molecule has 36 heavy (non-hydrogen) atoms. The van der Waals surface area contributed by atoms with E-state index in [9.17, 15) is 19.2 Å². The van der Waals surface area contributed by atoms with E-state index < -0.39 is 29.7 Å². The van der Waals surface area contributed by atoms with Crippen LogP contribution in [0.1, 0.15) is 59.2 Å². The Labute approximate surface area is 206 Å². The van der Waals surface area contributed by atoms with E-state index in [1.54, 1.807) is 24.4 Å². The third-order valence-corrected chi connectivity index (χ3v) is 6.94. The third-order valence-electron chi connectivity index (χ3n) is 6.94. The van der Waals surface area contributed by atoms with Gasteiger partial charge in [0.25, 0.3) is 11.8 Å². The molecule has 3 heterocycles. The monoisotopic (exact) mass is 485 g/mol. The van der Waals surface area contributed by atoms with Gasteiger partial charge in [0.05, 0.1) is 29.1 Å². The second-order valence-corrected chi connectivity index (χ2v) is 9.24. The SMILES string of the molecule is O=C1CCC(N2C(=O)c3cccc(-n4cc(-c5ccc(OC6CCCC6)cc5)nn4)c3C2=O)C(=O)N1. The number of fused-ring (bicyclic) bond motifs is 1. The topological polar surface area (TPSA) is 123 Å². The van der Waals surface area contributed by atoms with E-state index in [-0.39, 0.29) is 30.1 Å². The number of amides is 4. The molecule has 1 N–H and O–H groups in total. The van der Waals surface area contributed by atoms with Gasteiger partial charge >= 0.3 is 0 Å². The summed E-state index contributed by atoms with van der Waals surface area (Å²) >= 11 is 0. The maximum absolute atomic E-state index is 13.3. The molecule has 2 aromatic carbocycles. The van der Waals surface area contributed by atoms with Gasteiger partial charge in [-0.3, -0.25) is 29.4 Å². The lowest BCUT2D eigenvalue weighted by Crippen LogP contribution is -2.54. The fourth-order valence-corrected chi connectivity index (χ4v) is 5.10. The molecule has 6 rings (SSSR count). The fraction of sp³-hybridized carbons (Fsp3) is 0.308. The van der Waals surface area contributed by atoms with Crippen molar-refractivity contribution in [3.05, 3.63) is 59.8 Å². The summed E-state index contributed by atoms with van der Waals surface area (Å²) in [5.41, 5.74) is 2.16. The molecule has 0 spiro atoms. The number of rotatable bonds is 5. The molecule has 10 nitrogen and oxygen atoms in total. The maximum Gasteiger partial charge on any atom is 0.264 e. The van der Waals surface area contributed by atoms with Gasteiger partial charge in [0, 0.05) is 12.0 Å². The van der Waals surface area contributed by atoms with E-state index in [1.807, 2.05) is 24.3 Å². The number of carbonyl (C=O) groups is 4. The van der Waals surface area contributed by atoms with Crippen molar-refractivity contribution in [1.82, 2.24) is 25.2 Å². The van der Waals surface area contributed by atoms with Crippen LogP contribution in [0.2, 0.25) is 0 Å². The number of piperidine rings is 1. The summed E-state index contributed by atoms with van der Waals surface area (Å²) < 4.78 is 7.48. The lowest BCUT2D eigenvalue weighted by atomic mass is 10.0. The average Bonchev–Trinajstić information content (AvgIpc) is 3.62. The quantitative estimate of drug-likeness (QED) is 0.551. The number of nitrogens with zero attached hydrogens (tertiary/aromatic N) is 4. The van der Waals surface area contributed by atoms with E-state index in [4.69, 9.17) is 4.74 Å².